The minimum absolute atomic E-state index is 0.106. The van der Waals surface area contributed by atoms with E-state index in [2.05, 4.69) is 17.6 Å². The molecule has 1 amide bonds. The van der Waals surface area contributed by atoms with Crippen molar-refractivity contribution < 1.29 is 4.79 Å². The quantitative estimate of drug-likeness (QED) is 0.748. The first-order valence-electron chi connectivity index (χ1n) is 7.49. The van der Waals surface area contributed by atoms with E-state index in [1.165, 1.54) is 36.8 Å². The highest BCUT2D eigenvalue weighted by Gasteiger charge is 2.25. The number of carbonyl (C=O) groups excluding carboxylic acids is 1. The van der Waals surface area contributed by atoms with Crippen LogP contribution in [0.5, 0.6) is 0 Å². The predicted molar refractivity (Wildman–Crippen MR) is 78.7 cm³/mol. The molecule has 19 heavy (non-hydrogen) atoms. The SMILES string of the molecule is CN/C(C)=C(\C(=O)NCC1CC1)C1=C(C)CCCC1. The maximum atomic E-state index is 12.5. The summed E-state index contributed by atoms with van der Waals surface area (Å²) in [5.74, 6) is 0.830. The van der Waals surface area contributed by atoms with Crippen LogP contribution in [-0.2, 0) is 4.79 Å². The second-order valence-electron chi connectivity index (χ2n) is 5.87. The number of hydrogen-bond acceptors (Lipinski definition) is 2. The third-order valence-corrected chi connectivity index (χ3v) is 4.27. The van der Waals surface area contributed by atoms with Gasteiger partial charge in [0.1, 0.15) is 0 Å². The molecule has 0 aromatic rings. The maximum Gasteiger partial charge on any atom is 0.253 e. The smallest absolute Gasteiger partial charge is 0.253 e. The van der Waals surface area contributed by atoms with Gasteiger partial charge in [-0.2, -0.15) is 0 Å². The van der Waals surface area contributed by atoms with Gasteiger partial charge < -0.3 is 10.6 Å². The van der Waals surface area contributed by atoms with Crippen molar-refractivity contribution in [2.75, 3.05) is 13.6 Å². The fourth-order valence-electron chi connectivity index (χ4n) is 2.70. The molecule has 106 valence electrons. The van der Waals surface area contributed by atoms with Crippen molar-refractivity contribution in [1.29, 1.82) is 0 Å². The van der Waals surface area contributed by atoms with Crippen LogP contribution in [0.3, 0.4) is 0 Å². The highest BCUT2D eigenvalue weighted by molar-refractivity contribution is 5.98. The molecule has 0 bridgehead atoms. The predicted octanol–water partition coefficient (Wildman–Crippen LogP) is 2.90. The Labute approximate surface area is 116 Å². The van der Waals surface area contributed by atoms with Gasteiger partial charge in [-0.3, -0.25) is 4.79 Å². The lowest BCUT2D eigenvalue weighted by Crippen LogP contribution is -2.30. The van der Waals surface area contributed by atoms with Gasteiger partial charge in [0.15, 0.2) is 0 Å². The molecular weight excluding hydrogens is 236 g/mol. The zero-order valence-corrected chi connectivity index (χ0v) is 12.4. The summed E-state index contributed by atoms with van der Waals surface area (Å²) in [6.45, 7) is 5.01. The Kier molecular flexibility index (Phi) is 4.67. The van der Waals surface area contributed by atoms with E-state index in [9.17, 15) is 4.79 Å². The van der Waals surface area contributed by atoms with Crippen LogP contribution in [0, 0.1) is 5.92 Å². The summed E-state index contributed by atoms with van der Waals surface area (Å²) in [6.07, 6.45) is 7.16. The molecule has 2 aliphatic carbocycles. The summed E-state index contributed by atoms with van der Waals surface area (Å²) >= 11 is 0. The minimum Gasteiger partial charge on any atom is -0.391 e. The largest absolute Gasteiger partial charge is 0.391 e. The third kappa shape index (κ3) is 3.62. The standard InChI is InChI=1S/C16H26N2O/c1-11-6-4-5-7-14(11)15(12(2)17-3)16(19)18-10-13-8-9-13/h13,17H,4-10H2,1-3H3,(H,18,19)/b15-12-. The lowest BCUT2D eigenvalue weighted by Gasteiger charge is -2.22. The third-order valence-electron chi connectivity index (χ3n) is 4.27. The zero-order valence-electron chi connectivity index (χ0n) is 12.4. The number of amides is 1. The molecule has 0 unspecified atom stereocenters. The van der Waals surface area contributed by atoms with Crippen LogP contribution in [0.4, 0.5) is 0 Å². The molecule has 2 rings (SSSR count). The molecule has 0 spiro atoms. The fraction of sp³-hybridized carbons (Fsp3) is 0.688. The number of hydrogen-bond donors (Lipinski definition) is 2. The molecule has 0 aromatic carbocycles. The molecule has 0 heterocycles. The summed E-state index contributed by atoms with van der Waals surface area (Å²) in [6, 6.07) is 0. The summed E-state index contributed by atoms with van der Waals surface area (Å²) in [7, 11) is 1.89. The molecule has 0 aliphatic heterocycles. The molecule has 0 radical (unpaired) electrons. The van der Waals surface area contributed by atoms with E-state index in [0.717, 1.165) is 36.6 Å². The van der Waals surface area contributed by atoms with Gasteiger partial charge in [-0.15, -0.1) is 0 Å². The Morgan fingerprint density at radius 2 is 1.95 bits per heavy atom. The molecule has 3 nitrogen and oxygen atoms in total. The van der Waals surface area contributed by atoms with Crippen molar-refractivity contribution in [2.24, 2.45) is 5.92 Å². The Morgan fingerprint density at radius 3 is 2.53 bits per heavy atom. The Morgan fingerprint density at radius 1 is 1.26 bits per heavy atom. The van der Waals surface area contributed by atoms with Crippen molar-refractivity contribution in [2.45, 2.75) is 52.4 Å². The van der Waals surface area contributed by atoms with Crippen LogP contribution in [0.15, 0.2) is 22.4 Å². The molecule has 1 saturated carbocycles. The van der Waals surface area contributed by atoms with Gasteiger partial charge in [0.25, 0.3) is 5.91 Å². The fourth-order valence-corrected chi connectivity index (χ4v) is 2.70. The van der Waals surface area contributed by atoms with Crippen LogP contribution in [0.25, 0.3) is 0 Å². The van der Waals surface area contributed by atoms with Gasteiger partial charge in [-0.25, -0.2) is 0 Å². The van der Waals surface area contributed by atoms with Crippen molar-refractivity contribution in [3.8, 4) is 0 Å². The molecular formula is C16H26N2O. The van der Waals surface area contributed by atoms with Crippen LogP contribution < -0.4 is 10.6 Å². The summed E-state index contributed by atoms with van der Waals surface area (Å²) in [5, 5.41) is 6.26. The molecule has 0 aromatic heterocycles. The van der Waals surface area contributed by atoms with Crippen molar-refractivity contribution in [3.05, 3.63) is 22.4 Å². The lowest BCUT2D eigenvalue weighted by atomic mass is 9.86. The number of rotatable bonds is 5. The molecule has 0 saturated heterocycles. The maximum absolute atomic E-state index is 12.5. The van der Waals surface area contributed by atoms with Crippen molar-refractivity contribution in [3.63, 3.8) is 0 Å². The highest BCUT2D eigenvalue weighted by Crippen LogP contribution is 2.31. The first-order valence-corrected chi connectivity index (χ1v) is 7.49. The van der Waals surface area contributed by atoms with Crippen LogP contribution in [0.1, 0.15) is 52.4 Å². The highest BCUT2D eigenvalue weighted by atomic mass is 16.1. The van der Waals surface area contributed by atoms with Crippen molar-refractivity contribution in [1.82, 2.24) is 10.6 Å². The minimum atomic E-state index is 0.106. The Hall–Kier alpha value is -1.25. The molecule has 1 fully saturated rings. The van der Waals surface area contributed by atoms with E-state index in [1.807, 2.05) is 14.0 Å². The van der Waals surface area contributed by atoms with Crippen LogP contribution >= 0.6 is 0 Å². The van der Waals surface area contributed by atoms with Crippen LogP contribution in [-0.4, -0.2) is 19.5 Å². The summed E-state index contributed by atoms with van der Waals surface area (Å²) in [4.78, 5) is 12.5. The van der Waals surface area contributed by atoms with E-state index in [1.54, 1.807) is 0 Å². The molecule has 2 N–H and O–H groups in total. The lowest BCUT2D eigenvalue weighted by molar-refractivity contribution is -0.117. The van der Waals surface area contributed by atoms with Crippen LogP contribution in [0.2, 0.25) is 0 Å². The van der Waals surface area contributed by atoms with Crippen molar-refractivity contribution >= 4 is 5.91 Å². The first kappa shape index (κ1) is 14.2. The van der Waals surface area contributed by atoms with Gasteiger partial charge in [0.05, 0.1) is 5.57 Å². The van der Waals surface area contributed by atoms with E-state index < -0.39 is 0 Å². The average Bonchev–Trinajstić information content (AvgIpc) is 3.22. The van der Waals surface area contributed by atoms with Gasteiger partial charge in [0.2, 0.25) is 0 Å². The normalized spacial score (nSPS) is 21.0. The zero-order chi connectivity index (χ0) is 13.8. The molecule has 0 atom stereocenters. The van der Waals surface area contributed by atoms with E-state index in [4.69, 9.17) is 0 Å². The average molecular weight is 262 g/mol. The Balaban J connectivity index is 2.17. The second-order valence-corrected chi connectivity index (χ2v) is 5.87. The van der Waals surface area contributed by atoms with Gasteiger partial charge in [-0.05, 0) is 63.9 Å². The second kappa shape index (κ2) is 6.27. The van der Waals surface area contributed by atoms with Gasteiger partial charge >= 0.3 is 0 Å². The van der Waals surface area contributed by atoms with E-state index in [-0.39, 0.29) is 5.91 Å². The topological polar surface area (TPSA) is 41.1 Å². The molecule has 2 aliphatic rings. The van der Waals surface area contributed by atoms with E-state index in [0.29, 0.717) is 0 Å². The number of carbonyl (C=O) groups is 1. The summed E-state index contributed by atoms with van der Waals surface area (Å²) in [5.41, 5.74) is 4.54. The Bertz CT molecular complexity index is 416. The number of allylic oxidation sites excluding steroid dienone is 2. The monoisotopic (exact) mass is 262 g/mol. The van der Waals surface area contributed by atoms with Gasteiger partial charge in [0, 0.05) is 19.3 Å². The summed E-state index contributed by atoms with van der Waals surface area (Å²) < 4.78 is 0. The first-order chi connectivity index (χ1) is 9.13. The molecule has 3 heteroatoms. The van der Waals surface area contributed by atoms with E-state index >= 15 is 0 Å². The number of nitrogens with one attached hydrogen (secondary N) is 2. The van der Waals surface area contributed by atoms with Gasteiger partial charge in [-0.1, -0.05) is 5.57 Å².